The van der Waals surface area contributed by atoms with Crippen LogP contribution in [0.25, 0.3) is 17.0 Å². The number of H-pyrrole nitrogens is 1. The summed E-state index contributed by atoms with van der Waals surface area (Å²) >= 11 is 0. The summed E-state index contributed by atoms with van der Waals surface area (Å²) in [6.07, 6.45) is 5.42. The van der Waals surface area contributed by atoms with Crippen LogP contribution in [-0.4, -0.2) is 34.1 Å². The molecule has 0 unspecified atom stereocenters. The fourth-order valence-electron chi connectivity index (χ4n) is 2.44. The number of carbonyl (C=O) groups is 1. The van der Waals surface area contributed by atoms with Gasteiger partial charge in [0.15, 0.2) is 0 Å². The zero-order valence-electron chi connectivity index (χ0n) is 11.0. The van der Waals surface area contributed by atoms with E-state index in [1.807, 2.05) is 24.3 Å². The van der Waals surface area contributed by atoms with Crippen molar-refractivity contribution in [3.63, 3.8) is 0 Å². The van der Waals surface area contributed by atoms with Crippen LogP contribution >= 0.6 is 0 Å². The van der Waals surface area contributed by atoms with E-state index in [2.05, 4.69) is 10.2 Å². The molecule has 0 aliphatic carbocycles. The van der Waals surface area contributed by atoms with Gasteiger partial charge < -0.3 is 4.90 Å². The van der Waals surface area contributed by atoms with Gasteiger partial charge in [-0.1, -0.05) is 12.1 Å². The molecular weight excluding hydrogens is 252 g/mol. The lowest BCUT2D eigenvalue weighted by Crippen LogP contribution is -2.28. The lowest BCUT2D eigenvalue weighted by Gasteiger charge is -2.14. The summed E-state index contributed by atoms with van der Waals surface area (Å²) in [5.74, 6) is -0.172. The lowest BCUT2D eigenvalue weighted by atomic mass is 10.1. The summed E-state index contributed by atoms with van der Waals surface area (Å²) in [6, 6.07) is 7.70. The van der Waals surface area contributed by atoms with E-state index in [4.69, 9.17) is 0 Å². The molecule has 1 aliphatic rings. The average molecular weight is 266 g/mol. The van der Waals surface area contributed by atoms with Crippen molar-refractivity contribution >= 4 is 22.9 Å². The highest BCUT2D eigenvalue weighted by Crippen LogP contribution is 2.17. The molecule has 1 amide bonds. The zero-order valence-corrected chi connectivity index (χ0v) is 11.0. The van der Waals surface area contributed by atoms with Crippen molar-refractivity contribution in [3.05, 3.63) is 35.5 Å². The van der Waals surface area contributed by atoms with Gasteiger partial charge in [-0.2, -0.15) is 10.4 Å². The van der Waals surface area contributed by atoms with Gasteiger partial charge in [0.1, 0.15) is 11.6 Å². The van der Waals surface area contributed by atoms with E-state index in [-0.39, 0.29) is 11.5 Å². The first-order valence-corrected chi connectivity index (χ1v) is 6.62. The summed E-state index contributed by atoms with van der Waals surface area (Å²) in [7, 11) is 0. The van der Waals surface area contributed by atoms with Gasteiger partial charge in [-0.15, -0.1) is 0 Å². The minimum absolute atomic E-state index is 0.172. The summed E-state index contributed by atoms with van der Waals surface area (Å²) < 4.78 is 0. The van der Waals surface area contributed by atoms with Crippen molar-refractivity contribution in [1.29, 1.82) is 5.26 Å². The van der Waals surface area contributed by atoms with Crippen LogP contribution in [0.5, 0.6) is 0 Å². The maximum atomic E-state index is 12.2. The number of amides is 1. The molecule has 0 saturated carbocycles. The second-order valence-electron chi connectivity index (χ2n) is 4.89. The Kier molecular flexibility index (Phi) is 3.21. The highest BCUT2D eigenvalue weighted by atomic mass is 16.2. The van der Waals surface area contributed by atoms with Crippen molar-refractivity contribution in [2.24, 2.45) is 0 Å². The quantitative estimate of drug-likeness (QED) is 0.668. The standard InChI is InChI=1S/C15H14N4O/c16-9-13(15(20)19-5-1-2-6-19)7-11-3-4-12-10-17-18-14(12)8-11/h3-4,7-8,10H,1-2,5-6H2,(H,17,18)/b13-7+. The maximum absolute atomic E-state index is 12.2. The first-order valence-electron chi connectivity index (χ1n) is 6.62. The van der Waals surface area contributed by atoms with Gasteiger partial charge >= 0.3 is 0 Å². The van der Waals surface area contributed by atoms with E-state index < -0.39 is 0 Å². The van der Waals surface area contributed by atoms with Gasteiger partial charge in [-0.25, -0.2) is 0 Å². The Balaban J connectivity index is 1.91. The molecule has 0 radical (unpaired) electrons. The van der Waals surface area contributed by atoms with Gasteiger partial charge in [-0.3, -0.25) is 9.89 Å². The number of likely N-dealkylation sites (tertiary alicyclic amines) is 1. The Labute approximate surface area is 116 Å². The summed E-state index contributed by atoms with van der Waals surface area (Å²) in [6.45, 7) is 1.49. The van der Waals surface area contributed by atoms with Crippen molar-refractivity contribution in [3.8, 4) is 6.07 Å². The number of aromatic nitrogens is 2. The van der Waals surface area contributed by atoms with Gasteiger partial charge in [0, 0.05) is 18.5 Å². The second-order valence-corrected chi connectivity index (χ2v) is 4.89. The predicted molar refractivity (Wildman–Crippen MR) is 75.5 cm³/mol. The van der Waals surface area contributed by atoms with Crippen LogP contribution in [0.15, 0.2) is 30.0 Å². The fraction of sp³-hybridized carbons (Fsp3) is 0.267. The number of aromatic amines is 1. The third kappa shape index (κ3) is 2.28. The predicted octanol–water partition coefficient (Wildman–Crippen LogP) is 2.09. The number of benzene rings is 1. The van der Waals surface area contributed by atoms with Crippen LogP contribution in [0.2, 0.25) is 0 Å². The summed E-state index contributed by atoms with van der Waals surface area (Å²) in [4.78, 5) is 13.9. The smallest absolute Gasteiger partial charge is 0.264 e. The number of fused-ring (bicyclic) bond motifs is 1. The Hall–Kier alpha value is -2.61. The second kappa shape index (κ2) is 5.17. The Morgan fingerprint density at radius 2 is 2.20 bits per heavy atom. The molecule has 1 aromatic carbocycles. The molecule has 100 valence electrons. The molecule has 3 rings (SSSR count). The first-order chi connectivity index (χ1) is 9.78. The molecule has 1 saturated heterocycles. The van der Waals surface area contributed by atoms with Gasteiger partial charge in [-0.05, 0) is 30.5 Å². The van der Waals surface area contributed by atoms with Crippen LogP contribution in [0.4, 0.5) is 0 Å². The molecule has 0 bridgehead atoms. The van der Waals surface area contributed by atoms with Crippen molar-refractivity contribution in [1.82, 2.24) is 15.1 Å². The van der Waals surface area contributed by atoms with E-state index in [9.17, 15) is 10.1 Å². The molecule has 2 aromatic rings. The molecule has 1 N–H and O–H groups in total. The van der Waals surface area contributed by atoms with Crippen LogP contribution in [-0.2, 0) is 4.79 Å². The molecule has 2 heterocycles. The number of hydrogen-bond acceptors (Lipinski definition) is 3. The molecule has 5 nitrogen and oxygen atoms in total. The molecule has 1 fully saturated rings. The number of nitrogens with zero attached hydrogens (tertiary/aromatic N) is 3. The summed E-state index contributed by atoms with van der Waals surface area (Å²) in [5.41, 5.74) is 1.90. The minimum atomic E-state index is -0.172. The molecule has 0 atom stereocenters. The number of nitrogens with one attached hydrogen (secondary N) is 1. The highest BCUT2D eigenvalue weighted by molar-refractivity contribution is 6.02. The minimum Gasteiger partial charge on any atom is -0.338 e. The van der Waals surface area contributed by atoms with Crippen LogP contribution in [0, 0.1) is 11.3 Å². The Bertz CT molecular complexity index is 717. The number of carbonyl (C=O) groups excluding carboxylic acids is 1. The zero-order chi connectivity index (χ0) is 13.9. The van der Waals surface area contributed by atoms with E-state index in [0.29, 0.717) is 0 Å². The number of rotatable bonds is 2. The Morgan fingerprint density at radius 1 is 1.40 bits per heavy atom. The molecule has 5 heteroatoms. The van der Waals surface area contributed by atoms with E-state index in [1.54, 1.807) is 17.2 Å². The Morgan fingerprint density at radius 3 is 2.95 bits per heavy atom. The topological polar surface area (TPSA) is 72.8 Å². The third-order valence-electron chi connectivity index (χ3n) is 3.52. The van der Waals surface area contributed by atoms with Gasteiger partial charge in [0.2, 0.25) is 0 Å². The van der Waals surface area contributed by atoms with Crippen molar-refractivity contribution < 1.29 is 4.79 Å². The van der Waals surface area contributed by atoms with Crippen molar-refractivity contribution in [2.45, 2.75) is 12.8 Å². The maximum Gasteiger partial charge on any atom is 0.264 e. The van der Waals surface area contributed by atoms with Crippen LogP contribution in [0.3, 0.4) is 0 Å². The van der Waals surface area contributed by atoms with E-state index in [1.165, 1.54) is 0 Å². The number of nitriles is 1. The lowest BCUT2D eigenvalue weighted by molar-refractivity contribution is -0.125. The van der Waals surface area contributed by atoms with Gasteiger partial charge in [0.25, 0.3) is 5.91 Å². The average Bonchev–Trinajstić information content (AvgIpc) is 3.14. The normalized spacial score (nSPS) is 15.6. The molecular formula is C15H14N4O. The first kappa shape index (κ1) is 12.4. The molecule has 1 aliphatic heterocycles. The van der Waals surface area contributed by atoms with Crippen LogP contribution in [0.1, 0.15) is 18.4 Å². The molecule has 20 heavy (non-hydrogen) atoms. The number of hydrogen-bond donors (Lipinski definition) is 1. The third-order valence-corrected chi connectivity index (χ3v) is 3.52. The SMILES string of the molecule is N#C/C(=C\c1ccc2cn[nH]c2c1)C(=O)N1CCCC1. The summed E-state index contributed by atoms with van der Waals surface area (Å²) in [5, 5.41) is 17.0. The highest BCUT2D eigenvalue weighted by Gasteiger charge is 2.21. The van der Waals surface area contributed by atoms with Crippen LogP contribution < -0.4 is 0 Å². The largest absolute Gasteiger partial charge is 0.338 e. The van der Waals surface area contributed by atoms with E-state index >= 15 is 0 Å². The molecule has 0 spiro atoms. The monoisotopic (exact) mass is 266 g/mol. The fourth-order valence-corrected chi connectivity index (χ4v) is 2.44. The van der Waals surface area contributed by atoms with E-state index in [0.717, 1.165) is 42.4 Å². The van der Waals surface area contributed by atoms with Gasteiger partial charge in [0.05, 0.1) is 11.7 Å². The molecule has 1 aromatic heterocycles. The van der Waals surface area contributed by atoms with Crippen molar-refractivity contribution in [2.75, 3.05) is 13.1 Å².